The third-order valence-electron chi connectivity index (χ3n) is 3.09. The molecule has 0 spiro atoms. The summed E-state index contributed by atoms with van der Waals surface area (Å²) in [6, 6.07) is 2.80. The van der Waals surface area contributed by atoms with E-state index in [1.165, 1.54) is 18.4 Å². The zero-order chi connectivity index (χ0) is 12.1. The van der Waals surface area contributed by atoms with E-state index >= 15 is 0 Å². The van der Waals surface area contributed by atoms with E-state index in [1.54, 1.807) is 13.4 Å². The highest BCUT2D eigenvalue weighted by atomic mass is 16.5. The number of likely N-dealkylation sites (N-methyl/N-ethyl adjacent to an activating group) is 1. The molecule has 0 atom stereocenters. The maximum Gasteiger partial charge on any atom is 0.122 e. The Morgan fingerprint density at radius 3 is 3.06 bits per heavy atom. The van der Waals surface area contributed by atoms with Crippen LogP contribution in [0, 0.1) is 0 Å². The average Bonchev–Trinajstić information content (AvgIpc) is 3.05. The second-order valence-corrected chi connectivity index (χ2v) is 4.75. The number of rotatable bonds is 8. The van der Waals surface area contributed by atoms with Crippen LogP contribution in [0.25, 0.3) is 0 Å². The van der Waals surface area contributed by atoms with E-state index in [9.17, 15) is 0 Å². The molecular formula is C13H22N2O2. The molecule has 1 aromatic rings. The minimum atomic E-state index is 0.740. The van der Waals surface area contributed by atoms with Gasteiger partial charge >= 0.3 is 0 Å². The average molecular weight is 238 g/mol. The lowest BCUT2D eigenvalue weighted by Gasteiger charge is -2.15. The Kier molecular flexibility index (Phi) is 4.59. The SMILES string of the molecule is COCCN(C)Cc1occc1CNC1CC1. The summed E-state index contributed by atoms with van der Waals surface area (Å²) in [6.45, 7) is 3.45. The van der Waals surface area contributed by atoms with Gasteiger partial charge in [-0.3, -0.25) is 4.90 Å². The van der Waals surface area contributed by atoms with E-state index in [-0.39, 0.29) is 0 Å². The van der Waals surface area contributed by atoms with Gasteiger partial charge in [-0.05, 0) is 26.0 Å². The van der Waals surface area contributed by atoms with Crippen molar-refractivity contribution in [3.05, 3.63) is 23.7 Å². The maximum atomic E-state index is 5.55. The fourth-order valence-electron chi connectivity index (χ4n) is 1.78. The van der Waals surface area contributed by atoms with Crippen molar-refractivity contribution in [1.82, 2.24) is 10.2 Å². The van der Waals surface area contributed by atoms with E-state index < -0.39 is 0 Å². The Labute approximate surface area is 103 Å². The minimum absolute atomic E-state index is 0.740. The van der Waals surface area contributed by atoms with Crippen LogP contribution >= 0.6 is 0 Å². The van der Waals surface area contributed by atoms with Crippen molar-refractivity contribution < 1.29 is 9.15 Å². The standard InChI is InChI=1S/C13H22N2O2/c1-15(6-8-16-2)10-13-11(5-7-17-13)9-14-12-3-4-12/h5,7,12,14H,3-4,6,8-10H2,1-2H3. The first-order valence-corrected chi connectivity index (χ1v) is 6.25. The maximum absolute atomic E-state index is 5.55. The van der Waals surface area contributed by atoms with Crippen molar-refractivity contribution in [2.45, 2.75) is 32.0 Å². The van der Waals surface area contributed by atoms with E-state index in [1.807, 2.05) is 0 Å². The molecular weight excluding hydrogens is 216 g/mol. The predicted molar refractivity (Wildman–Crippen MR) is 66.8 cm³/mol. The van der Waals surface area contributed by atoms with Crippen LogP contribution in [0.1, 0.15) is 24.2 Å². The lowest BCUT2D eigenvalue weighted by molar-refractivity contribution is 0.154. The van der Waals surface area contributed by atoms with Gasteiger partial charge in [-0.15, -0.1) is 0 Å². The summed E-state index contributed by atoms with van der Waals surface area (Å²) >= 11 is 0. The molecule has 1 N–H and O–H groups in total. The third-order valence-corrected chi connectivity index (χ3v) is 3.09. The summed E-state index contributed by atoms with van der Waals surface area (Å²) in [4.78, 5) is 2.21. The first kappa shape index (κ1) is 12.6. The third kappa shape index (κ3) is 4.15. The van der Waals surface area contributed by atoms with Crippen LogP contribution in [0.2, 0.25) is 0 Å². The molecule has 1 saturated carbocycles. The van der Waals surface area contributed by atoms with Crippen LogP contribution < -0.4 is 5.32 Å². The van der Waals surface area contributed by atoms with Gasteiger partial charge < -0.3 is 14.5 Å². The largest absolute Gasteiger partial charge is 0.468 e. The number of hydrogen-bond acceptors (Lipinski definition) is 4. The fraction of sp³-hybridized carbons (Fsp3) is 0.692. The minimum Gasteiger partial charge on any atom is -0.468 e. The van der Waals surface area contributed by atoms with Gasteiger partial charge in [0.05, 0.1) is 19.4 Å². The zero-order valence-electron chi connectivity index (χ0n) is 10.7. The number of ether oxygens (including phenoxy) is 1. The van der Waals surface area contributed by atoms with Crippen LogP contribution in [0.5, 0.6) is 0 Å². The van der Waals surface area contributed by atoms with Gasteiger partial charge in [-0.25, -0.2) is 0 Å². The highest BCUT2D eigenvalue weighted by Gasteiger charge is 2.21. The molecule has 1 aromatic heterocycles. The monoisotopic (exact) mass is 238 g/mol. The molecule has 4 nitrogen and oxygen atoms in total. The van der Waals surface area contributed by atoms with Crippen molar-refractivity contribution in [2.24, 2.45) is 0 Å². The molecule has 17 heavy (non-hydrogen) atoms. The van der Waals surface area contributed by atoms with E-state index in [0.29, 0.717) is 0 Å². The number of furan rings is 1. The highest BCUT2D eigenvalue weighted by Crippen LogP contribution is 2.20. The van der Waals surface area contributed by atoms with E-state index in [4.69, 9.17) is 9.15 Å². The Bertz CT molecular complexity index is 334. The molecule has 4 heteroatoms. The van der Waals surface area contributed by atoms with Gasteiger partial charge in [0.1, 0.15) is 5.76 Å². The Morgan fingerprint density at radius 2 is 2.35 bits per heavy atom. The topological polar surface area (TPSA) is 37.6 Å². The van der Waals surface area contributed by atoms with Crippen LogP contribution in [0.4, 0.5) is 0 Å². The lowest BCUT2D eigenvalue weighted by atomic mass is 10.2. The lowest BCUT2D eigenvalue weighted by Crippen LogP contribution is -2.23. The molecule has 1 fully saturated rings. The number of methoxy groups -OCH3 is 1. The Hall–Kier alpha value is -0.840. The molecule has 0 amide bonds. The predicted octanol–water partition coefficient (Wildman–Crippen LogP) is 1.61. The highest BCUT2D eigenvalue weighted by molar-refractivity contribution is 5.17. The first-order valence-electron chi connectivity index (χ1n) is 6.25. The molecule has 0 aromatic carbocycles. The Balaban J connectivity index is 1.79. The number of nitrogens with zero attached hydrogens (tertiary/aromatic N) is 1. The van der Waals surface area contributed by atoms with Gasteiger partial charge in [0, 0.05) is 31.8 Å². The summed E-state index contributed by atoms with van der Waals surface area (Å²) in [5, 5.41) is 3.51. The van der Waals surface area contributed by atoms with Gasteiger partial charge in [-0.2, -0.15) is 0 Å². The molecule has 0 radical (unpaired) electrons. The number of hydrogen-bond donors (Lipinski definition) is 1. The second kappa shape index (κ2) is 6.19. The summed E-state index contributed by atoms with van der Waals surface area (Å²) in [5.74, 6) is 1.07. The molecule has 0 saturated heterocycles. The molecule has 1 aliphatic rings. The molecule has 0 aliphatic heterocycles. The van der Waals surface area contributed by atoms with Gasteiger partial charge in [0.25, 0.3) is 0 Å². The zero-order valence-corrected chi connectivity index (χ0v) is 10.7. The second-order valence-electron chi connectivity index (χ2n) is 4.75. The van der Waals surface area contributed by atoms with Crippen molar-refractivity contribution in [2.75, 3.05) is 27.3 Å². The van der Waals surface area contributed by atoms with Crippen LogP contribution in [0.15, 0.2) is 16.7 Å². The van der Waals surface area contributed by atoms with Gasteiger partial charge in [0.15, 0.2) is 0 Å². The Morgan fingerprint density at radius 1 is 1.53 bits per heavy atom. The van der Waals surface area contributed by atoms with E-state index in [0.717, 1.165) is 38.0 Å². The van der Waals surface area contributed by atoms with Crippen molar-refractivity contribution in [1.29, 1.82) is 0 Å². The first-order chi connectivity index (χ1) is 8.29. The van der Waals surface area contributed by atoms with Gasteiger partial charge in [0.2, 0.25) is 0 Å². The quantitative estimate of drug-likeness (QED) is 0.746. The van der Waals surface area contributed by atoms with E-state index in [2.05, 4.69) is 23.3 Å². The normalized spacial score (nSPS) is 15.7. The van der Waals surface area contributed by atoms with Crippen LogP contribution in [-0.2, 0) is 17.8 Å². The van der Waals surface area contributed by atoms with Crippen molar-refractivity contribution in [3.63, 3.8) is 0 Å². The number of nitrogens with one attached hydrogen (secondary N) is 1. The smallest absolute Gasteiger partial charge is 0.122 e. The van der Waals surface area contributed by atoms with Crippen LogP contribution in [0.3, 0.4) is 0 Å². The fourth-order valence-corrected chi connectivity index (χ4v) is 1.78. The van der Waals surface area contributed by atoms with Crippen molar-refractivity contribution in [3.8, 4) is 0 Å². The molecule has 0 unspecified atom stereocenters. The summed E-state index contributed by atoms with van der Waals surface area (Å²) in [6.07, 6.45) is 4.42. The molecule has 2 rings (SSSR count). The summed E-state index contributed by atoms with van der Waals surface area (Å²) < 4.78 is 10.6. The molecule has 0 bridgehead atoms. The molecule has 96 valence electrons. The summed E-state index contributed by atoms with van der Waals surface area (Å²) in [7, 11) is 3.81. The van der Waals surface area contributed by atoms with Crippen LogP contribution in [-0.4, -0.2) is 38.3 Å². The summed E-state index contributed by atoms with van der Waals surface area (Å²) in [5.41, 5.74) is 1.28. The molecule has 1 heterocycles. The molecule has 1 aliphatic carbocycles. The van der Waals surface area contributed by atoms with Gasteiger partial charge in [-0.1, -0.05) is 0 Å². The van der Waals surface area contributed by atoms with Crippen molar-refractivity contribution >= 4 is 0 Å².